The van der Waals surface area contributed by atoms with Gasteiger partial charge < -0.3 is 5.32 Å². The summed E-state index contributed by atoms with van der Waals surface area (Å²) in [6.07, 6.45) is 1.81. The highest BCUT2D eigenvalue weighted by Crippen LogP contribution is 2.22. The molecule has 1 saturated heterocycles. The number of carbonyl (C=O) groups is 1. The number of hydrogen-bond donors (Lipinski definition) is 1. The number of hydrogen-bond acceptors (Lipinski definition) is 3. The summed E-state index contributed by atoms with van der Waals surface area (Å²) in [6.45, 7) is 5.36. The van der Waals surface area contributed by atoms with E-state index in [1.54, 1.807) is 36.4 Å². The van der Waals surface area contributed by atoms with Crippen LogP contribution < -0.4 is 5.32 Å². The molecule has 0 unspecified atom stereocenters. The number of sulfonamides is 1. The number of amides is 1. The Kier molecular flexibility index (Phi) is 5.44. The lowest BCUT2D eigenvalue weighted by molar-refractivity contribution is 0.102. The van der Waals surface area contributed by atoms with Gasteiger partial charge in [0, 0.05) is 24.3 Å². The Morgan fingerprint density at radius 2 is 1.54 bits per heavy atom. The van der Waals surface area contributed by atoms with Crippen LogP contribution in [0.2, 0.25) is 0 Å². The molecule has 1 N–H and O–H groups in total. The van der Waals surface area contributed by atoms with Gasteiger partial charge in [-0.15, -0.1) is 0 Å². The fourth-order valence-corrected chi connectivity index (χ4v) is 4.53. The largest absolute Gasteiger partial charge is 0.322 e. The summed E-state index contributed by atoms with van der Waals surface area (Å²) in [5.74, 6) is 0.202. The number of benzene rings is 2. The predicted octanol–water partition coefficient (Wildman–Crippen LogP) is 3.85. The second-order valence-electron chi connectivity index (χ2n) is 6.87. The van der Waals surface area contributed by atoms with Crippen LogP contribution in [0.15, 0.2) is 53.4 Å². The Morgan fingerprint density at radius 1 is 0.962 bits per heavy atom. The van der Waals surface area contributed by atoms with Gasteiger partial charge in [-0.05, 0) is 60.7 Å². The lowest BCUT2D eigenvalue weighted by atomic mass is 10.0. The van der Waals surface area contributed by atoms with Crippen molar-refractivity contribution in [1.29, 1.82) is 0 Å². The summed E-state index contributed by atoms with van der Waals surface area (Å²) in [7, 11) is -3.43. The number of anilines is 1. The molecule has 5 nitrogen and oxygen atoms in total. The first-order valence-corrected chi connectivity index (χ1v) is 10.3. The zero-order chi connectivity index (χ0) is 18.7. The van der Waals surface area contributed by atoms with Crippen LogP contribution in [0.3, 0.4) is 0 Å². The summed E-state index contributed by atoms with van der Waals surface area (Å²) in [6, 6.07) is 13.9. The Balaban J connectivity index is 1.70. The van der Waals surface area contributed by atoms with Crippen molar-refractivity contribution in [3.63, 3.8) is 0 Å². The highest BCUT2D eigenvalue weighted by Gasteiger charge is 2.26. The third-order valence-electron chi connectivity index (χ3n) is 4.65. The Bertz CT molecular complexity index is 866. The molecule has 26 heavy (non-hydrogen) atoms. The van der Waals surface area contributed by atoms with Gasteiger partial charge >= 0.3 is 0 Å². The molecule has 0 radical (unpaired) electrons. The van der Waals surface area contributed by atoms with Crippen molar-refractivity contribution in [2.75, 3.05) is 18.4 Å². The highest BCUT2D eigenvalue weighted by molar-refractivity contribution is 7.89. The SMILES string of the molecule is CC(C)c1ccc(C(=O)Nc2ccc(S(=O)(=O)N3CCCC3)cc2)cc1. The number of nitrogens with zero attached hydrogens (tertiary/aromatic N) is 1. The van der Waals surface area contributed by atoms with Crippen molar-refractivity contribution in [2.24, 2.45) is 0 Å². The predicted molar refractivity (Wildman–Crippen MR) is 103 cm³/mol. The average Bonchev–Trinajstić information content (AvgIpc) is 3.18. The smallest absolute Gasteiger partial charge is 0.255 e. The van der Waals surface area contributed by atoms with Crippen molar-refractivity contribution < 1.29 is 13.2 Å². The fraction of sp³-hybridized carbons (Fsp3) is 0.350. The molecule has 0 atom stereocenters. The van der Waals surface area contributed by atoms with E-state index in [1.165, 1.54) is 9.87 Å². The first kappa shape index (κ1) is 18.6. The van der Waals surface area contributed by atoms with Crippen LogP contribution in [0.25, 0.3) is 0 Å². The lowest BCUT2D eigenvalue weighted by Crippen LogP contribution is -2.27. The van der Waals surface area contributed by atoms with E-state index in [0.29, 0.717) is 30.3 Å². The van der Waals surface area contributed by atoms with Gasteiger partial charge in [-0.25, -0.2) is 8.42 Å². The monoisotopic (exact) mass is 372 g/mol. The van der Waals surface area contributed by atoms with Gasteiger partial charge in [0.15, 0.2) is 0 Å². The number of carbonyl (C=O) groups excluding carboxylic acids is 1. The summed E-state index contributed by atoms with van der Waals surface area (Å²) >= 11 is 0. The molecule has 1 amide bonds. The van der Waals surface area contributed by atoms with E-state index in [1.807, 2.05) is 12.1 Å². The quantitative estimate of drug-likeness (QED) is 0.867. The zero-order valence-corrected chi connectivity index (χ0v) is 15.9. The van der Waals surface area contributed by atoms with Crippen molar-refractivity contribution in [2.45, 2.75) is 37.5 Å². The molecule has 0 aliphatic carbocycles. The van der Waals surface area contributed by atoms with E-state index < -0.39 is 10.0 Å². The summed E-state index contributed by atoms with van der Waals surface area (Å²) < 4.78 is 26.5. The standard InChI is InChI=1S/C20H24N2O3S/c1-15(2)16-5-7-17(8-6-16)20(23)21-18-9-11-19(12-10-18)26(24,25)22-13-3-4-14-22/h5-12,15H,3-4,13-14H2,1-2H3,(H,21,23). The van der Waals surface area contributed by atoms with Gasteiger partial charge in [0.25, 0.3) is 5.91 Å². The maximum atomic E-state index is 12.5. The maximum absolute atomic E-state index is 12.5. The highest BCUT2D eigenvalue weighted by atomic mass is 32.2. The molecule has 1 aliphatic heterocycles. The third-order valence-corrected chi connectivity index (χ3v) is 6.57. The first-order chi connectivity index (χ1) is 12.4. The molecule has 2 aromatic carbocycles. The van der Waals surface area contributed by atoms with Gasteiger partial charge in [-0.2, -0.15) is 4.31 Å². The molecule has 0 spiro atoms. The Morgan fingerprint density at radius 3 is 2.08 bits per heavy atom. The van der Waals surface area contributed by atoms with Crippen molar-refractivity contribution in [1.82, 2.24) is 4.31 Å². The van der Waals surface area contributed by atoms with Crippen LogP contribution in [-0.2, 0) is 10.0 Å². The van der Waals surface area contributed by atoms with Crippen molar-refractivity contribution in [3.05, 3.63) is 59.7 Å². The second-order valence-corrected chi connectivity index (χ2v) is 8.80. The van der Waals surface area contributed by atoms with E-state index >= 15 is 0 Å². The van der Waals surface area contributed by atoms with Crippen LogP contribution in [0.4, 0.5) is 5.69 Å². The molecule has 1 fully saturated rings. The normalized spacial score (nSPS) is 15.3. The van der Waals surface area contributed by atoms with Gasteiger partial charge in [-0.3, -0.25) is 4.79 Å². The van der Waals surface area contributed by atoms with Crippen LogP contribution in [0.5, 0.6) is 0 Å². The minimum absolute atomic E-state index is 0.213. The minimum atomic E-state index is -3.43. The van der Waals surface area contributed by atoms with Gasteiger partial charge in [0.2, 0.25) is 10.0 Å². The van der Waals surface area contributed by atoms with E-state index in [0.717, 1.165) is 12.8 Å². The Hall–Kier alpha value is -2.18. The second kappa shape index (κ2) is 7.60. The van der Waals surface area contributed by atoms with Crippen LogP contribution in [0, 0.1) is 0 Å². The topological polar surface area (TPSA) is 66.5 Å². The first-order valence-electron chi connectivity index (χ1n) is 8.89. The van der Waals surface area contributed by atoms with Crippen LogP contribution >= 0.6 is 0 Å². The van der Waals surface area contributed by atoms with Crippen LogP contribution in [-0.4, -0.2) is 31.7 Å². The van der Waals surface area contributed by atoms with Crippen LogP contribution in [0.1, 0.15) is 48.5 Å². The van der Waals surface area contributed by atoms with E-state index in [4.69, 9.17) is 0 Å². The Labute approximate surface area is 155 Å². The zero-order valence-electron chi connectivity index (χ0n) is 15.1. The average molecular weight is 372 g/mol. The number of nitrogens with one attached hydrogen (secondary N) is 1. The van der Waals surface area contributed by atoms with Gasteiger partial charge in [0.05, 0.1) is 4.90 Å². The molecule has 3 rings (SSSR count). The molecular weight excluding hydrogens is 348 g/mol. The van der Waals surface area contributed by atoms with Gasteiger partial charge in [-0.1, -0.05) is 26.0 Å². The number of rotatable bonds is 5. The van der Waals surface area contributed by atoms with E-state index in [9.17, 15) is 13.2 Å². The third kappa shape index (κ3) is 3.97. The molecule has 0 saturated carbocycles. The van der Waals surface area contributed by atoms with Gasteiger partial charge in [0.1, 0.15) is 0 Å². The lowest BCUT2D eigenvalue weighted by Gasteiger charge is -2.15. The molecule has 2 aromatic rings. The minimum Gasteiger partial charge on any atom is -0.322 e. The summed E-state index contributed by atoms with van der Waals surface area (Å²) in [5.41, 5.74) is 2.32. The molecule has 1 heterocycles. The van der Waals surface area contributed by atoms with E-state index in [-0.39, 0.29) is 10.8 Å². The molecule has 0 bridgehead atoms. The molecule has 0 aromatic heterocycles. The summed E-state index contributed by atoms with van der Waals surface area (Å²) in [5, 5.41) is 2.81. The van der Waals surface area contributed by atoms with Crippen molar-refractivity contribution >= 4 is 21.6 Å². The van der Waals surface area contributed by atoms with Crippen molar-refractivity contribution in [3.8, 4) is 0 Å². The molecule has 138 valence electrons. The molecule has 6 heteroatoms. The van der Waals surface area contributed by atoms with E-state index in [2.05, 4.69) is 19.2 Å². The summed E-state index contributed by atoms with van der Waals surface area (Å²) in [4.78, 5) is 12.6. The molecule has 1 aliphatic rings. The maximum Gasteiger partial charge on any atom is 0.255 e. The fourth-order valence-electron chi connectivity index (χ4n) is 3.01. The molecular formula is C20H24N2O3S.